The first-order chi connectivity index (χ1) is 14.4. The number of nitrogens with zero attached hydrogens (tertiary/aromatic N) is 1. The van der Waals surface area contributed by atoms with Crippen molar-refractivity contribution in [3.63, 3.8) is 0 Å². The van der Waals surface area contributed by atoms with Gasteiger partial charge in [0.2, 0.25) is 0 Å². The number of benzene rings is 2. The van der Waals surface area contributed by atoms with E-state index in [0.29, 0.717) is 45.5 Å². The third-order valence-electron chi connectivity index (χ3n) is 4.26. The topological polar surface area (TPSA) is 54.9 Å². The van der Waals surface area contributed by atoms with E-state index in [4.69, 9.17) is 9.47 Å². The van der Waals surface area contributed by atoms with Crippen LogP contribution in [0, 0.1) is 0 Å². The Labute approximate surface area is 198 Å². The number of ether oxygens (including phenoxy) is 2. The quantitative estimate of drug-likeness (QED) is 0.194. The molecule has 0 saturated heterocycles. The van der Waals surface area contributed by atoms with E-state index >= 15 is 0 Å². The maximum atomic E-state index is 12.6. The second-order valence-corrected chi connectivity index (χ2v) is 6.54. The van der Waals surface area contributed by atoms with Gasteiger partial charge in [0.15, 0.2) is 5.96 Å². The maximum Gasteiger partial charge on any atom is 0.416 e. The zero-order valence-corrected chi connectivity index (χ0v) is 20.0. The van der Waals surface area contributed by atoms with Crippen LogP contribution in [-0.2, 0) is 35.3 Å². The van der Waals surface area contributed by atoms with Crippen LogP contribution in [0.3, 0.4) is 0 Å². The van der Waals surface area contributed by atoms with Crippen LogP contribution in [0.25, 0.3) is 0 Å². The number of alkyl halides is 3. The Morgan fingerprint density at radius 1 is 0.903 bits per heavy atom. The van der Waals surface area contributed by atoms with E-state index in [1.54, 1.807) is 7.05 Å². The Morgan fingerprint density at radius 3 is 2.13 bits per heavy atom. The van der Waals surface area contributed by atoms with E-state index < -0.39 is 11.7 Å². The summed E-state index contributed by atoms with van der Waals surface area (Å²) in [6.45, 7) is 5.20. The molecule has 2 N–H and O–H groups in total. The normalized spacial score (nSPS) is 11.7. The molecule has 0 bridgehead atoms. The SMILES string of the molecule is CCOCCOCc1cccc(CNC(=NC)NCc2ccc(C(F)(F)F)cc2)c1.I. The molecule has 9 heteroatoms. The van der Waals surface area contributed by atoms with Gasteiger partial charge in [-0.25, -0.2) is 0 Å². The summed E-state index contributed by atoms with van der Waals surface area (Å²) in [5.41, 5.74) is 2.21. The van der Waals surface area contributed by atoms with Gasteiger partial charge in [-0.2, -0.15) is 13.2 Å². The molecule has 0 aromatic heterocycles. The second-order valence-electron chi connectivity index (χ2n) is 6.54. The predicted octanol–water partition coefficient (Wildman–Crippen LogP) is 4.74. The number of hydrogen-bond acceptors (Lipinski definition) is 3. The van der Waals surface area contributed by atoms with Gasteiger partial charge in [-0.15, -0.1) is 24.0 Å². The molecule has 0 aliphatic carbocycles. The lowest BCUT2D eigenvalue weighted by atomic mass is 10.1. The highest BCUT2D eigenvalue weighted by atomic mass is 127. The molecule has 172 valence electrons. The van der Waals surface area contributed by atoms with Crippen molar-refractivity contribution >= 4 is 29.9 Å². The minimum Gasteiger partial charge on any atom is -0.379 e. The largest absolute Gasteiger partial charge is 0.416 e. The number of rotatable bonds is 10. The smallest absolute Gasteiger partial charge is 0.379 e. The van der Waals surface area contributed by atoms with Gasteiger partial charge in [0, 0.05) is 26.7 Å². The summed E-state index contributed by atoms with van der Waals surface area (Å²) in [5, 5.41) is 6.30. The van der Waals surface area contributed by atoms with E-state index in [9.17, 15) is 13.2 Å². The zero-order valence-electron chi connectivity index (χ0n) is 17.7. The fourth-order valence-corrected chi connectivity index (χ4v) is 2.69. The van der Waals surface area contributed by atoms with Gasteiger partial charge in [0.05, 0.1) is 25.4 Å². The van der Waals surface area contributed by atoms with Crippen molar-refractivity contribution in [2.45, 2.75) is 32.8 Å². The third-order valence-corrected chi connectivity index (χ3v) is 4.26. The summed E-state index contributed by atoms with van der Waals surface area (Å²) in [6.07, 6.45) is -4.33. The number of halogens is 4. The molecular formula is C22H29F3IN3O2. The monoisotopic (exact) mass is 551 g/mol. The van der Waals surface area contributed by atoms with Crippen molar-refractivity contribution < 1.29 is 22.6 Å². The highest BCUT2D eigenvalue weighted by molar-refractivity contribution is 14.0. The van der Waals surface area contributed by atoms with Gasteiger partial charge in [-0.05, 0) is 35.7 Å². The molecule has 5 nitrogen and oxygen atoms in total. The first-order valence-electron chi connectivity index (χ1n) is 9.76. The molecule has 0 aliphatic heterocycles. The summed E-state index contributed by atoms with van der Waals surface area (Å²) >= 11 is 0. The molecule has 0 aliphatic rings. The van der Waals surface area contributed by atoms with Crippen molar-refractivity contribution in [2.24, 2.45) is 4.99 Å². The summed E-state index contributed by atoms with van der Waals surface area (Å²) in [6, 6.07) is 13.1. The van der Waals surface area contributed by atoms with Crippen LogP contribution in [0.5, 0.6) is 0 Å². The third kappa shape index (κ3) is 10.3. The maximum absolute atomic E-state index is 12.6. The molecule has 0 amide bonds. The van der Waals surface area contributed by atoms with Gasteiger partial charge in [-0.1, -0.05) is 36.4 Å². The fourth-order valence-electron chi connectivity index (χ4n) is 2.69. The van der Waals surface area contributed by atoms with Crippen LogP contribution >= 0.6 is 24.0 Å². The highest BCUT2D eigenvalue weighted by Gasteiger charge is 2.29. The molecule has 31 heavy (non-hydrogen) atoms. The van der Waals surface area contributed by atoms with Crippen molar-refractivity contribution in [3.05, 3.63) is 70.8 Å². The molecular weight excluding hydrogens is 522 g/mol. The number of hydrogen-bond donors (Lipinski definition) is 2. The molecule has 0 radical (unpaired) electrons. The molecule has 0 spiro atoms. The minimum absolute atomic E-state index is 0. The van der Waals surface area contributed by atoms with Crippen LogP contribution in [0.2, 0.25) is 0 Å². The molecule has 0 fully saturated rings. The second kappa shape index (κ2) is 14.3. The molecule has 2 rings (SSSR count). The average Bonchev–Trinajstić information content (AvgIpc) is 2.74. The Balaban J connectivity index is 0.00000480. The lowest BCUT2D eigenvalue weighted by Crippen LogP contribution is -2.36. The standard InChI is InChI=1S/C22H28F3N3O2.HI/c1-3-29-11-12-30-16-19-6-4-5-18(13-19)15-28-21(26-2)27-14-17-7-9-20(10-8-17)22(23,24)25;/h4-10,13H,3,11-12,14-16H2,1-2H3,(H2,26,27,28);1H. The highest BCUT2D eigenvalue weighted by Crippen LogP contribution is 2.29. The average molecular weight is 551 g/mol. The summed E-state index contributed by atoms with van der Waals surface area (Å²) in [4.78, 5) is 4.15. The van der Waals surface area contributed by atoms with Gasteiger partial charge >= 0.3 is 6.18 Å². The van der Waals surface area contributed by atoms with E-state index in [1.165, 1.54) is 12.1 Å². The van der Waals surface area contributed by atoms with E-state index in [-0.39, 0.29) is 24.0 Å². The Bertz CT molecular complexity index is 799. The van der Waals surface area contributed by atoms with Gasteiger partial charge in [-0.3, -0.25) is 4.99 Å². The van der Waals surface area contributed by atoms with Gasteiger partial charge < -0.3 is 20.1 Å². The summed E-state index contributed by atoms with van der Waals surface area (Å²) < 4.78 is 48.7. The van der Waals surface area contributed by atoms with Crippen molar-refractivity contribution in [1.29, 1.82) is 0 Å². The molecule has 0 unspecified atom stereocenters. The van der Waals surface area contributed by atoms with Crippen molar-refractivity contribution in [1.82, 2.24) is 10.6 Å². The molecule has 0 heterocycles. The predicted molar refractivity (Wildman–Crippen MR) is 126 cm³/mol. The number of aliphatic imine (C=N–C) groups is 1. The van der Waals surface area contributed by atoms with Crippen LogP contribution in [0.1, 0.15) is 29.2 Å². The summed E-state index contributed by atoms with van der Waals surface area (Å²) in [5.74, 6) is 0.563. The van der Waals surface area contributed by atoms with Gasteiger partial charge in [0.1, 0.15) is 0 Å². The zero-order chi connectivity index (χ0) is 21.8. The Kier molecular flexibility index (Phi) is 12.5. The molecule has 0 atom stereocenters. The molecule has 2 aromatic carbocycles. The first kappa shape index (κ1) is 27.2. The molecule has 0 saturated carbocycles. The lowest BCUT2D eigenvalue weighted by molar-refractivity contribution is -0.137. The first-order valence-corrected chi connectivity index (χ1v) is 9.76. The number of nitrogens with one attached hydrogen (secondary N) is 2. The fraction of sp³-hybridized carbons (Fsp3) is 0.409. The lowest BCUT2D eigenvalue weighted by Gasteiger charge is -2.13. The van der Waals surface area contributed by atoms with Crippen molar-refractivity contribution in [3.8, 4) is 0 Å². The van der Waals surface area contributed by atoms with Crippen molar-refractivity contribution in [2.75, 3.05) is 26.9 Å². The van der Waals surface area contributed by atoms with Crippen LogP contribution in [0.4, 0.5) is 13.2 Å². The Hall–Kier alpha value is -1.85. The minimum atomic E-state index is -4.33. The molecule has 2 aromatic rings. The van der Waals surface area contributed by atoms with E-state index in [0.717, 1.165) is 28.8 Å². The summed E-state index contributed by atoms with van der Waals surface area (Å²) in [7, 11) is 1.64. The van der Waals surface area contributed by atoms with Crippen LogP contribution in [0.15, 0.2) is 53.5 Å². The van der Waals surface area contributed by atoms with E-state index in [1.807, 2.05) is 25.1 Å². The van der Waals surface area contributed by atoms with E-state index in [2.05, 4.69) is 21.7 Å². The number of guanidine groups is 1. The van der Waals surface area contributed by atoms with Crippen LogP contribution in [-0.4, -0.2) is 32.8 Å². The van der Waals surface area contributed by atoms with Gasteiger partial charge in [0.25, 0.3) is 0 Å². The Morgan fingerprint density at radius 2 is 1.52 bits per heavy atom. The van der Waals surface area contributed by atoms with Crippen LogP contribution < -0.4 is 10.6 Å².